The highest BCUT2D eigenvalue weighted by Crippen LogP contribution is 2.34. The molecule has 0 radical (unpaired) electrons. The number of pyridine rings is 1. The van der Waals surface area contributed by atoms with Crippen LogP contribution < -0.4 is 16.2 Å². The smallest absolute Gasteiger partial charge is 0.403 e. The molecule has 0 spiro atoms. The summed E-state index contributed by atoms with van der Waals surface area (Å²) in [5.41, 5.74) is 7.48. The van der Waals surface area contributed by atoms with Crippen molar-refractivity contribution >= 4 is 5.91 Å². The predicted octanol–water partition coefficient (Wildman–Crippen LogP) is 1.48. The summed E-state index contributed by atoms with van der Waals surface area (Å²) in [6.07, 6.45) is -7.78. The van der Waals surface area contributed by atoms with Crippen molar-refractivity contribution in [2.75, 3.05) is 0 Å². The zero-order valence-electron chi connectivity index (χ0n) is 9.17. The number of primary amides is 1. The van der Waals surface area contributed by atoms with E-state index in [1.807, 2.05) is 0 Å². The molecule has 1 amide bonds. The maximum atomic E-state index is 12.6. The van der Waals surface area contributed by atoms with Gasteiger partial charge in [-0.3, -0.25) is 4.79 Å². The van der Waals surface area contributed by atoms with Gasteiger partial charge in [-0.25, -0.2) is 13.8 Å². The monoisotopic (exact) mass is 285 g/mol. The molecule has 106 valence electrons. The van der Waals surface area contributed by atoms with Crippen LogP contribution in [0.5, 0.6) is 5.75 Å². The van der Waals surface area contributed by atoms with Crippen molar-refractivity contribution in [1.82, 2.24) is 4.98 Å². The minimum atomic E-state index is -5.20. The van der Waals surface area contributed by atoms with Crippen LogP contribution in [0.4, 0.5) is 22.0 Å². The first-order valence-electron chi connectivity index (χ1n) is 4.73. The highest BCUT2D eigenvalue weighted by molar-refractivity contribution is 5.94. The molecule has 4 N–H and O–H groups in total. The zero-order valence-corrected chi connectivity index (χ0v) is 9.17. The maximum Gasteiger partial charge on any atom is 0.573 e. The normalized spacial score (nSPS) is 11.7. The first kappa shape index (κ1) is 15.1. The third-order valence-corrected chi connectivity index (χ3v) is 2.06. The van der Waals surface area contributed by atoms with Crippen LogP contribution in [-0.4, -0.2) is 17.3 Å². The predicted molar refractivity (Wildman–Crippen MR) is 52.3 cm³/mol. The van der Waals surface area contributed by atoms with Crippen LogP contribution >= 0.6 is 0 Å². The van der Waals surface area contributed by atoms with Crippen LogP contribution in [0.15, 0.2) is 6.20 Å². The summed E-state index contributed by atoms with van der Waals surface area (Å²) >= 11 is 0. The largest absolute Gasteiger partial charge is 0.573 e. The number of hydrogen-bond acceptors (Lipinski definition) is 4. The Balaban J connectivity index is 3.50. The lowest BCUT2D eigenvalue weighted by Crippen LogP contribution is -2.24. The third kappa shape index (κ3) is 3.50. The molecule has 0 aliphatic heterocycles. The average molecular weight is 285 g/mol. The lowest BCUT2D eigenvalue weighted by molar-refractivity contribution is -0.275. The van der Waals surface area contributed by atoms with Gasteiger partial charge in [0.05, 0.1) is 0 Å². The van der Waals surface area contributed by atoms with E-state index in [0.29, 0.717) is 6.20 Å². The van der Waals surface area contributed by atoms with Gasteiger partial charge in [-0.1, -0.05) is 0 Å². The molecule has 0 bridgehead atoms. The molecular weight excluding hydrogens is 277 g/mol. The van der Waals surface area contributed by atoms with Crippen LogP contribution in [0.25, 0.3) is 0 Å². The van der Waals surface area contributed by atoms with E-state index in [1.54, 1.807) is 0 Å². The molecule has 19 heavy (non-hydrogen) atoms. The molecule has 0 aliphatic carbocycles. The summed E-state index contributed by atoms with van der Waals surface area (Å²) in [4.78, 5) is 14.1. The Morgan fingerprint density at radius 3 is 2.37 bits per heavy atom. The standard InChI is InChI=1S/C9H8F5N3O2/c10-7(11)4-2-17-5(8(16)18)6(3(4)1-15)19-9(12,13)14/h2,7H,1,15H2,(H2,16,18). The topological polar surface area (TPSA) is 91.2 Å². The summed E-state index contributed by atoms with van der Waals surface area (Å²) in [6, 6.07) is 0. The number of rotatable bonds is 4. The number of aromatic nitrogens is 1. The SMILES string of the molecule is NCc1c(C(F)F)cnc(C(N)=O)c1OC(F)(F)F. The van der Waals surface area contributed by atoms with E-state index >= 15 is 0 Å². The van der Waals surface area contributed by atoms with Crippen molar-refractivity contribution in [3.63, 3.8) is 0 Å². The fraction of sp³-hybridized carbons (Fsp3) is 0.333. The first-order chi connectivity index (χ1) is 8.67. The quantitative estimate of drug-likeness (QED) is 0.819. The van der Waals surface area contributed by atoms with Crippen LogP contribution in [0.1, 0.15) is 28.0 Å². The number of nitrogens with two attached hydrogens (primary N) is 2. The fourth-order valence-electron chi connectivity index (χ4n) is 1.34. The molecule has 1 heterocycles. The summed E-state index contributed by atoms with van der Waals surface area (Å²) < 4.78 is 65.4. The van der Waals surface area contributed by atoms with Crippen molar-refractivity contribution in [2.45, 2.75) is 19.3 Å². The van der Waals surface area contributed by atoms with Crippen LogP contribution in [0.2, 0.25) is 0 Å². The summed E-state index contributed by atoms with van der Waals surface area (Å²) in [7, 11) is 0. The second-order valence-corrected chi connectivity index (χ2v) is 3.29. The van der Waals surface area contributed by atoms with Gasteiger partial charge >= 0.3 is 6.36 Å². The molecule has 0 unspecified atom stereocenters. The Morgan fingerprint density at radius 2 is 2.00 bits per heavy atom. The van der Waals surface area contributed by atoms with Gasteiger partial charge in [0.15, 0.2) is 11.4 Å². The molecule has 0 aromatic carbocycles. The van der Waals surface area contributed by atoms with Crippen molar-refractivity contribution in [2.24, 2.45) is 11.5 Å². The van der Waals surface area contributed by atoms with Crippen molar-refractivity contribution in [1.29, 1.82) is 0 Å². The molecule has 1 aromatic rings. The number of ether oxygens (including phenoxy) is 1. The maximum absolute atomic E-state index is 12.6. The average Bonchev–Trinajstić information content (AvgIpc) is 2.25. The van der Waals surface area contributed by atoms with Gasteiger partial charge in [-0.05, 0) is 0 Å². The Morgan fingerprint density at radius 1 is 1.42 bits per heavy atom. The van der Waals surface area contributed by atoms with Gasteiger partial charge in [0.25, 0.3) is 12.3 Å². The van der Waals surface area contributed by atoms with E-state index < -0.39 is 47.8 Å². The lowest BCUT2D eigenvalue weighted by Gasteiger charge is -2.17. The summed E-state index contributed by atoms with van der Waals surface area (Å²) in [5, 5.41) is 0. The number of alkyl halides is 5. The lowest BCUT2D eigenvalue weighted by atomic mass is 10.1. The van der Waals surface area contributed by atoms with E-state index in [9.17, 15) is 26.7 Å². The Labute approximate surface area is 103 Å². The van der Waals surface area contributed by atoms with E-state index in [1.165, 1.54) is 0 Å². The van der Waals surface area contributed by atoms with Gasteiger partial charge in [-0.15, -0.1) is 13.2 Å². The van der Waals surface area contributed by atoms with Gasteiger partial charge in [0, 0.05) is 23.9 Å². The fourth-order valence-corrected chi connectivity index (χ4v) is 1.34. The molecule has 5 nitrogen and oxygen atoms in total. The van der Waals surface area contributed by atoms with E-state index in [4.69, 9.17) is 11.5 Å². The number of amides is 1. The number of carbonyl (C=O) groups is 1. The second-order valence-electron chi connectivity index (χ2n) is 3.29. The first-order valence-corrected chi connectivity index (χ1v) is 4.73. The molecular formula is C9H8F5N3O2. The highest BCUT2D eigenvalue weighted by Gasteiger charge is 2.35. The third-order valence-electron chi connectivity index (χ3n) is 2.06. The highest BCUT2D eigenvalue weighted by atomic mass is 19.4. The van der Waals surface area contributed by atoms with E-state index in [2.05, 4.69) is 9.72 Å². The molecule has 0 aliphatic rings. The summed E-state index contributed by atoms with van der Waals surface area (Å²) in [5.74, 6) is -2.55. The van der Waals surface area contributed by atoms with Gasteiger partial charge in [0.1, 0.15) is 0 Å². The van der Waals surface area contributed by atoms with Crippen molar-refractivity contribution in [3.8, 4) is 5.75 Å². The summed E-state index contributed by atoms with van der Waals surface area (Å²) in [6.45, 7) is -0.701. The molecule has 10 heteroatoms. The number of carbonyl (C=O) groups excluding carboxylic acids is 1. The Bertz CT molecular complexity index is 489. The molecule has 0 saturated heterocycles. The number of hydrogen-bond donors (Lipinski definition) is 2. The molecule has 0 atom stereocenters. The van der Waals surface area contributed by atoms with E-state index in [0.717, 1.165) is 0 Å². The zero-order chi connectivity index (χ0) is 14.8. The molecule has 0 fully saturated rings. The number of nitrogens with zero attached hydrogens (tertiary/aromatic N) is 1. The minimum Gasteiger partial charge on any atom is -0.403 e. The van der Waals surface area contributed by atoms with Crippen LogP contribution in [0, 0.1) is 0 Å². The molecule has 1 rings (SSSR count). The van der Waals surface area contributed by atoms with Crippen molar-refractivity contribution < 1.29 is 31.5 Å². The molecule has 0 saturated carbocycles. The van der Waals surface area contributed by atoms with Crippen molar-refractivity contribution in [3.05, 3.63) is 23.0 Å². The minimum absolute atomic E-state index is 0.538. The van der Waals surface area contributed by atoms with Crippen LogP contribution in [0.3, 0.4) is 0 Å². The van der Waals surface area contributed by atoms with Gasteiger partial charge in [-0.2, -0.15) is 0 Å². The Hall–Kier alpha value is -1.97. The molecule has 1 aromatic heterocycles. The van der Waals surface area contributed by atoms with E-state index in [-0.39, 0.29) is 0 Å². The Kier molecular flexibility index (Phi) is 4.24. The van der Waals surface area contributed by atoms with Crippen LogP contribution in [-0.2, 0) is 6.54 Å². The van der Waals surface area contributed by atoms with Gasteiger partial charge < -0.3 is 16.2 Å². The van der Waals surface area contributed by atoms with Gasteiger partial charge in [0.2, 0.25) is 0 Å². The second kappa shape index (κ2) is 5.34. The number of halogens is 5.